The molecule has 3 fully saturated rings. The second-order valence-electron chi connectivity index (χ2n) is 20.0. The van der Waals surface area contributed by atoms with Crippen molar-refractivity contribution in [2.24, 2.45) is 0 Å². The number of amides is 4. The number of aliphatic hydroxyl groups is 5. The Bertz CT molecular complexity index is 1710. The first-order chi connectivity index (χ1) is 30.8. The monoisotopic (exact) mass is 942 g/mol. The maximum absolute atomic E-state index is 13.5. The van der Waals surface area contributed by atoms with E-state index in [-0.39, 0.29) is 32.4 Å². The Balaban J connectivity index is 1.73. The summed E-state index contributed by atoms with van der Waals surface area (Å²) in [5, 5.41) is 70.5. The van der Waals surface area contributed by atoms with Crippen LogP contribution in [0.2, 0.25) is 0 Å². The van der Waals surface area contributed by atoms with Crippen molar-refractivity contribution >= 4 is 24.2 Å². The molecule has 2 aliphatic heterocycles. The van der Waals surface area contributed by atoms with Gasteiger partial charge in [-0.1, -0.05) is 43.7 Å². The van der Waals surface area contributed by atoms with E-state index in [9.17, 15) is 44.7 Å². The molecule has 0 spiro atoms. The van der Waals surface area contributed by atoms with Gasteiger partial charge < -0.3 is 85.3 Å². The molecule has 1 aromatic rings. The van der Waals surface area contributed by atoms with E-state index in [0.29, 0.717) is 12.8 Å². The van der Waals surface area contributed by atoms with Crippen molar-refractivity contribution < 1.29 is 77.9 Å². The van der Waals surface area contributed by atoms with Crippen LogP contribution >= 0.6 is 0 Å². The van der Waals surface area contributed by atoms with E-state index >= 15 is 0 Å². The molecule has 3 aliphatic rings. The lowest BCUT2D eigenvalue weighted by Crippen LogP contribution is -2.70. The molecule has 1 aliphatic carbocycles. The quantitative estimate of drug-likeness (QED) is 0.105. The lowest BCUT2D eigenvalue weighted by Gasteiger charge is -2.49. The third kappa shape index (κ3) is 17.0. The summed E-state index contributed by atoms with van der Waals surface area (Å²) < 4.78 is 41.8. The van der Waals surface area contributed by atoms with Gasteiger partial charge in [-0.2, -0.15) is 0 Å². The van der Waals surface area contributed by atoms with Gasteiger partial charge in [0.15, 0.2) is 12.6 Å². The fourth-order valence-corrected chi connectivity index (χ4v) is 7.80. The fraction of sp³-hybridized carbons (Fsp3) is 0.778. The molecule has 6 unspecified atom stereocenters. The van der Waals surface area contributed by atoms with Gasteiger partial charge in [-0.15, -0.1) is 0 Å². The molecule has 0 aromatic heterocycles. The fourth-order valence-electron chi connectivity index (χ4n) is 7.80. The van der Waals surface area contributed by atoms with Crippen LogP contribution < -0.4 is 26.6 Å². The van der Waals surface area contributed by atoms with Gasteiger partial charge in [0.25, 0.3) is 0 Å². The number of hydrogen-bond acceptors (Lipinski definition) is 17. The summed E-state index contributed by atoms with van der Waals surface area (Å²) >= 11 is 0. The van der Waals surface area contributed by atoms with Crippen LogP contribution in [0.5, 0.6) is 0 Å². The molecule has 376 valence electrons. The molecule has 2 saturated heterocycles. The third-order valence-corrected chi connectivity index (χ3v) is 10.8. The predicted molar refractivity (Wildman–Crippen MR) is 236 cm³/mol. The zero-order chi connectivity index (χ0) is 49.1. The Labute approximate surface area is 387 Å². The molecule has 10 N–H and O–H groups in total. The Morgan fingerprint density at radius 3 is 1.82 bits per heavy atom. The summed E-state index contributed by atoms with van der Waals surface area (Å²) in [6, 6.07) is 4.70. The van der Waals surface area contributed by atoms with Crippen LogP contribution in [0.25, 0.3) is 0 Å². The first-order valence-corrected chi connectivity index (χ1v) is 22.8. The second-order valence-corrected chi connectivity index (χ2v) is 20.0. The van der Waals surface area contributed by atoms with Gasteiger partial charge in [0.1, 0.15) is 59.5 Å². The van der Waals surface area contributed by atoms with E-state index < -0.39 is 133 Å². The van der Waals surface area contributed by atoms with Gasteiger partial charge in [0.2, 0.25) is 5.91 Å². The Kier molecular flexibility index (Phi) is 19.8. The molecule has 1 aromatic carbocycles. The normalized spacial score (nSPS) is 31.2. The van der Waals surface area contributed by atoms with E-state index in [2.05, 4.69) is 26.6 Å². The molecule has 0 bridgehead atoms. The molecular formula is C45H75N5O16. The third-order valence-electron chi connectivity index (χ3n) is 10.8. The lowest BCUT2D eigenvalue weighted by atomic mass is 9.83. The summed E-state index contributed by atoms with van der Waals surface area (Å²) in [4.78, 5) is 52.8. The minimum atomic E-state index is -1.83. The zero-order valence-electron chi connectivity index (χ0n) is 39.9. The maximum Gasteiger partial charge on any atom is 0.408 e. The van der Waals surface area contributed by atoms with Gasteiger partial charge in [0.05, 0.1) is 36.9 Å². The molecule has 0 radical (unpaired) electrons. The number of alkyl carbamates (subject to hydrolysis) is 3. The average molecular weight is 942 g/mol. The van der Waals surface area contributed by atoms with E-state index in [1.165, 1.54) is 0 Å². The SMILES string of the molecule is CCC[C@H](O)C(=O)N[C@@H]1C[C@H](NC(=O)OC(C)(C)C)C(O[C@@H]2OC(CNC(=O)OC(C)(C)C)CCC2NC(=O)OC(C)(C)C)C(O)[C@@H]1O[C@@H]1OC(CO)[C@H](O)[C@H](NCc2ccccc2)C1O. The van der Waals surface area contributed by atoms with Crippen LogP contribution in [-0.2, 0) is 44.5 Å². The topological polar surface area (TPSA) is 294 Å². The second kappa shape index (κ2) is 23.9. The highest BCUT2D eigenvalue weighted by atomic mass is 16.7. The van der Waals surface area contributed by atoms with Gasteiger partial charge in [-0.25, -0.2) is 14.4 Å². The van der Waals surface area contributed by atoms with Crippen LogP contribution in [0.3, 0.4) is 0 Å². The molecule has 14 atom stereocenters. The molecule has 1 saturated carbocycles. The number of rotatable bonds is 16. The highest BCUT2D eigenvalue weighted by Crippen LogP contribution is 2.33. The molecule has 21 heteroatoms. The Hall–Kier alpha value is -3.90. The van der Waals surface area contributed by atoms with Gasteiger partial charge in [0, 0.05) is 13.1 Å². The van der Waals surface area contributed by atoms with Gasteiger partial charge in [-0.3, -0.25) is 4.79 Å². The number of carbonyl (C=O) groups excluding carboxylic acids is 4. The molecule has 4 amide bonds. The first kappa shape index (κ1) is 54.7. The number of nitrogens with one attached hydrogen (secondary N) is 5. The first-order valence-electron chi connectivity index (χ1n) is 22.8. The highest BCUT2D eigenvalue weighted by molar-refractivity contribution is 5.80. The number of carbonyl (C=O) groups is 4. The lowest BCUT2D eigenvalue weighted by molar-refractivity contribution is -0.317. The van der Waals surface area contributed by atoms with Gasteiger partial charge >= 0.3 is 18.3 Å². The summed E-state index contributed by atoms with van der Waals surface area (Å²) in [6.07, 6.45) is -15.9. The summed E-state index contributed by atoms with van der Waals surface area (Å²) in [6.45, 7) is 16.4. The van der Waals surface area contributed by atoms with Crippen molar-refractivity contribution in [3.8, 4) is 0 Å². The summed E-state index contributed by atoms with van der Waals surface area (Å²) in [7, 11) is 0. The zero-order valence-corrected chi connectivity index (χ0v) is 39.9. The van der Waals surface area contributed by atoms with Crippen molar-refractivity contribution in [3.63, 3.8) is 0 Å². The van der Waals surface area contributed by atoms with E-state index in [1.807, 2.05) is 30.3 Å². The maximum atomic E-state index is 13.5. The smallest absolute Gasteiger partial charge is 0.408 e. The predicted octanol–water partition coefficient (Wildman–Crippen LogP) is 1.58. The summed E-state index contributed by atoms with van der Waals surface area (Å²) in [5.41, 5.74) is -1.79. The number of hydrogen-bond donors (Lipinski definition) is 10. The van der Waals surface area contributed by atoms with Crippen molar-refractivity contribution in [2.45, 2.75) is 210 Å². The van der Waals surface area contributed by atoms with Crippen LogP contribution in [-0.4, -0.2) is 165 Å². The van der Waals surface area contributed by atoms with Crippen LogP contribution in [0.4, 0.5) is 14.4 Å². The van der Waals surface area contributed by atoms with Crippen LogP contribution in [0.15, 0.2) is 30.3 Å². The van der Waals surface area contributed by atoms with Crippen molar-refractivity contribution in [2.75, 3.05) is 13.2 Å². The van der Waals surface area contributed by atoms with Crippen molar-refractivity contribution in [3.05, 3.63) is 35.9 Å². The average Bonchev–Trinajstić information content (AvgIpc) is 3.19. The molecule has 2 heterocycles. The standard InChI is InChI=1S/C45H75N5O16/c1-11-15-29(52)37(56)48-27-20-28(50-42(59)66-45(8,9)10)36(34(55)35(27)63-39-33(54)31(32(53)30(23-51)61-39)46-21-24-16-13-12-14-17-24)62-38-26(49-41(58)65-44(5,6)7)19-18-25(60-38)22-47-40(57)64-43(2,3)4/h12-14,16-17,25-36,38-39,46,51-55H,11,15,18-23H2,1-10H3,(H,47,57)(H,48,56)(H,49,58)(H,50,59)/t25?,26?,27-,28+,29+,30?,31+,32+,33?,34?,35-,36?,38+,39+/m1/s1. The Morgan fingerprint density at radius 1 is 0.712 bits per heavy atom. The van der Waals surface area contributed by atoms with E-state index in [4.69, 9.17) is 33.2 Å². The number of ether oxygens (including phenoxy) is 7. The molecule has 4 rings (SSSR count). The van der Waals surface area contributed by atoms with Crippen molar-refractivity contribution in [1.82, 2.24) is 26.6 Å². The number of aliphatic hydroxyl groups excluding tert-OH is 5. The highest BCUT2D eigenvalue weighted by Gasteiger charge is 2.53. The minimum Gasteiger partial charge on any atom is -0.444 e. The van der Waals surface area contributed by atoms with Crippen molar-refractivity contribution in [1.29, 1.82) is 0 Å². The van der Waals surface area contributed by atoms with E-state index in [0.717, 1.165) is 5.56 Å². The molecular weight excluding hydrogens is 867 g/mol. The Morgan fingerprint density at radius 2 is 1.26 bits per heavy atom. The summed E-state index contributed by atoms with van der Waals surface area (Å²) in [5.74, 6) is -0.813. The van der Waals surface area contributed by atoms with Crippen LogP contribution in [0, 0.1) is 0 Å². The number of benzene rings is 1. The largest absolute Gasteiger partial charge is 0.444 e. The van der Waals surface area contributed by atoms with E-state index in [1.54, 1.807) is 69.2 Å². The van der Waals surface area contributed by atoms with Gasteiger partial charge in [-0.05, 0) is 93.6 Å². The minimum absolute atomic E-state index is 0.0328. The molecule has 21 nitrogen and oxygen atoms in total. The molecule has 66 heavy (non-hydrogen) atoms. The van der Waals surface area contributed by atoms with Crippen LogP contribution in [0.1, 0.15) is 107 Å².